The summed E-state index contributed by atoms with van der Waals surface area (Å²) in [6.07, 6.45) is 1.23. The smallest absolute Gasteiger partial charge is 0.850 e. The molecule has 3 aromatic heterocycles. The molecule has 0 aliphatic carbocycles. The Morgan fingerprint density at radius 3 is 1.12 bits per heavy atom. The Bertz CT molecular complexity index is 7590. The van der Waals surface area contributed by atoms with Crippen molar-refractivity contribution in [3.63, 3.8) is 0 Å². The fourth-order valence-electron chi connectivity index (χ4n) is 12.8. The van der Waals surface area contributed by atoms with Gasteiger partial charge < -0.3 is 108 Å². The quantitative estimate of drug-likeness (QED) is 0.00702. The van der Waals surface area contributed by atoms with Gasteiger partial charge in [0.1, 0.15) is 57.9 Å². The van der Waals surface area contributed by atoms with Crippen molar-refractivity contribution < 1.29 is 132 Å². The van der Waals surface area contributed by atoms with Crippen molar-refractivity contribution in [1.29, 1.82) is 26.6 Å². The van der Waals surface area contributed by atoms with Gasteiger partial charge in [0, 0.05) is 64.9 Å². The number of hydrogen-bond acceptors (Lipinski definition) is 24. The Morgan fingerprint density at radius 1 is 0.436 bits per heavy atom. The number of amidine groups is 4. The van der Waals surface area contributed by atoms with E-state index in [0.29, 0.717) is 157 Å². The van der Waals surface area contributed by atoms with E-state index in [4.69, 9.17) is 99.7 Å². The molecule has 0 radical (unpaired) electrons. The molecule has 33 nitrogen and oxygen atoms in total. The first-order chi connectivity index (χ1) is 65.6. The standard InChI is InChI=1S/C21H18N6O3.C21H18N6O.C21H12N4O.C14H9NO2.C7H6BNO2.C7H5BrO2.C7H7N3.C4H9O.CH3.K.Pd/c22-19(26-29)12-6-4-11(5-7-12)14-2-1-3-15(18(14)28)21-24-16-9-8-13(20(23)27-30)10-17(16)25-21;22-19(23)12-6-4-11(5-7-12)14-2-1-3-15(18(14)28)21-26-16-9-8-13(20(24)25)10-17(16)27-21;1-23-15-8-6-14(7-9-15)16-3-2-4-17(20(16)26)21-24-18-10-5-13(12-22)11-19(18)25-21;1-15-12-7-5-10(6-8-12)13-4-2-3-11(9-16)14(13)17;9-5-6-1-3-7(4-2-6)8(10)11;8-6-3-1-2-5(4-9)7(6)10;8-4-5-1-2-6(9)7(10)3-5;1-4(2,3)5;;;/h1-10,28-30H,(H2,22,26)(H2,23,27)(H,24,25);1-10,28H,(H3,22,23)(H3,24,25)(H,26,27);2-11,26H,(H,24,25);2-9,17H;1-4,10-11H;1-4,10H;1-3H,9-10H2;1-3H3;1H3;;/q;;;;;;;2*-1;+1;. The average Bonchev–Trinajstić information content (AvgIpc) is 1.76. The Morgan fingerprint density at radius 2 is 0.750 bits per heavy atom. The third-order valence-corrected chi connectivity index (χ3v) is 20.4. The van der Waals surface area contributed by atoms with Crippen LogP contribution in [0.4, 0.5) is 22.7 Å². The average molecular weight is 2050 g/mol. The summed E-state index contributed by atoms with van der Waals surface area (Å²) >= 11 is 3.08. The molecule has 0 aliphatic rings. The maximum Gasteiger partial charge on any atom is 1.00 e. The Hall–Kier alpha value is -16.9. The SMILES string of the molecule is CC(C)(C)[O-].N#Cc1ccc(B(O)O)cc1.N#Cc1ccc(N)c(N)c1.N/C(=N\O)c1ccc2nc(-c3cccc(-c4ccc(/C(N)=N\O)cc4)c3O)[nH]c2c1.N=C(N)c1ccc(-c2cccc(-c3nc4ccc(C(=N)N)cc4[nH]3)c2O)cc1.O=Cc1cccc(Br)c1O.[C-]#[N+]c1ccc(-c2cccc(-c3nc4ccc(C#N)cc4[nH]3)c2O)cc1.[C-]#[N+]c1ccc(-c2cccc(C=O)c2O)cc1.[CH3-].[K+].[Pd]. The molecule has 0 aliphatic heterocycles. The van der Waals surface area contributed by atoms with Gasteiger partial charge in [-0.1, -0.05) is 195 Å². The zero-order valence-electron chi connectivity index (χ0n) is 75.2. The van der Waals surface area contributed by atoms with Gasteiger partial charge in [0.15, 0.2) is 35.6 Å². The van der Waals surface area contributed by atoms with Crippen molar-refractivity contribution in [1.82, 2.24) is 29.9 Å². The van der Waals surface area contributed by atoms with Crippen molar-refractivity contribution in [2.75, 3.05) is 11.5 Å². The maximum absolute atomic E-state index is 10.9. The molecule has 0 amide bonds. The molecule has 26 N–H and O–H groups in total. The number of fused-ring (bicyclic) bond motifs is 3. The fraction of sp³-hybridized carbons (Fsp3) is 0.0388. The molecular weight excluding hydrogens is 1960 g/mol. The molecule has 0 fully saturated rings. The third-order valence-electron chi connectivity index (χ3n) is 19.8. The monoisotopic (exact) mass is 2040 g/mol. The number of carbonyl (C=O) groups excluding carboxylic acids is 2. The van der Waals surface area contributed by atoms with Crippen LogP contribution in [-0.4, -0.2) is 125 Å². The predicted molar refractivity (Wildman–Crippen MR) is 537 cm³/mol. The zero-order valence-corrected chi connectivity index (χ0v) is 81.5. The number of aromatic amines is 3. The maximum atomic E-state index is 10.9. The summed E-state index contributed by atoms with van der Waals surface area (Å²) in [5, 5.41) is 143. The number of nitrogen functional groups attached to an aromatic ring is 4. The number of phenolic OH excluding ortho intramolecular Hbond substituents is 5. The summed E-state index contributed by atoms with van der Waals surface area (Å²) < 4.78 is 0.539. The van der Waals surface area contributed by atoms with E-state index in [0.717, 1.165) is 44.3 Å². The number of nitrogens with two attached hydrogens (primary N) is 6. The van der Waals surface area contributed by atoms with Crippen molar-refractivity contribution in [3.05, 3.63) is 370 Å². The number of benzene rings is 14. The number of aromatic hydroxyl groups is 5. The number of nitriles is 3. The van der Waals surface area contributed by atoms with Crippen LogP contribution >= 0.6 is 15.9 Å². The third kappa shape index (κ3) is 29.1. The molecule has 17 aromatic rings. The Balaban J connectivity index is 0.000000227. The minimum Gasteiger partial charge on any atom is -0.850 e. The second-order valence-electron chi connectivity index (χ2n) is 30.3. The van der Waals surface area contributed by atoms with Gasteiger partial charge in [-0.15, -0.1) is 5.60 Å². The van der Waals surface area contributed by atoms with E-state index >= 15 is 0 Å². The van der Waals surface area contributed by atoms with Gasteiger partial charge in [-0.2, -0.15) is 15.8 Å². The number of oxime groups is 2. The fourth-order valence-corrected chi connectivity index (χ4v) is 13.2. The molecule has 0 spiro atoms. The molecular formula is C103H87BBrKN21O12Pd-. The number of aldehydes is 2. The Kier molecular flexibility index (Phi) is 40.6. The molecule has 14 aromatic carbocycles. The van der Waals surface area contributed by atoms with Crippen LogP contribution in [0.15, 0.2) is 300 Å². The summed E-state index contributed by atoms with van der Waals surface area (Å²) in [6, 6.07) is 86.7. The minimum absolute atomic E-state index is 0. The van der Waals surface area contributed by atoms with Crippen LogP contribution < -0.4 is 96.4 Å². The largest absolute Gasteiger partial charge is 1.00 e. The number of carbonyl (C=O) groups is 2. The molecule has 17 rings (SSSR count). The molecule has 0 saturated carbocycles. The van der Waals surface area contributed by atoms with Crippen LogP contribution in [0.3, 0.4) is 0 Å². The van der Waals surface area contributed by atoms with Crippen molar-refractivity contribution in [2.24, 2.45) is 33.2 Å². The van der Waals surface area contributed by atoms with Crippen LogP contribution in [0.25, 0.3) is 121 Å². The molecule has 0 saturated heterocycles. The summed E-state index contributed by atoms with van der Waals surface area (Å²) in [5.41, 5.74) is 50.9. The number of imidazole rings is 3. The normalized spacial score (nSPS) is 10.3. The van der Waals surface area contributed by atoms with E-state index in [1.165, 1.54) is 24.3 Å². The number of H-pyrrole nitrogens is 3. The summed E-state index contributed by atoms with van der Waals surface area (Å²) in [4.78, 5) is 50.7. The van der Waals surface area contributed by atoms with Crippen molar-refractivity contribution in [2.45, 2.75) is 26.4 Å². The van der Waals surface area contributed by atoms with E-state index in [-0.39, 0.29) is 137 Å². The van der Waals surface area contributed by atoms with E-state index in [1.807, 2.05) is 66.7 Å². The minimum atomic E-state index is -1.46. The van der Waals surface area contributed by atoms with Gasteiger partial charge in [0.2, 0.25) is 0 Å². The number of nitrogens with zero attached hydrogens (tertiary/aromatic N) is 10. The van der Waals surface area contributed by atoms with Gasteiger partial charge in [0.25, 0.3) is 0 Å². The van der Waals surface area contributed by atoms with Crippen LogP contribution in [-0.2, 0) is 20.4 Å². The van der Waals surface area contributed by atoms with E-state index in [2.05, 4.69) is 71.9 Å². The van der Waals surface area contributed by atoms with Gasteiger partial charge in [-0.05, 0) is 165 Å². The second kappa shape index (κ2) is 51.7. The molecule has 3 heterocycles. The topological polar surface area (TPSA) is 634 Å². The van der Waals surface area contributed by atoms with Crippen molar-refractivity contribution >= 4 is 120 Å². The van der Waals surface area contributed by atoms with E-state index in [1.54, 1.807) is 227 Å². The molecule has 0 atom stereocenters. The first kappa shape index (κ1) is 110. The number of rotatable bonds is 14. The number of halogens is 1. The van der Waals surface area contributed by atoms with Crippen LogP contribution in [0.2, 0.25) is 0 Å². The first-order valence-electron chi connectivity index (χ1n) is 40.6. The predicted octanol–water partition coefficient (Wildman–Crippen LogP) is 13.9. The molecule has 140 heavy (non-hydrogen) atoms. The summed E-state index contributed by atoms with van der Waals surface area (Å²) in [5.74, 6) is 1.76. The summed E-state index contributed by atoms with van der Waals surface area (Å²) in [6.45, 7) is 18.8. The molecule has 698 valence electrons. The summed E-state index contributed by atoms with van der Waals surface area (Å²) in [7, 11) is -1.46. The Labute approximate surface area is 868 Å². The van der Waals surface area contributed by atoms with E-state index in [9.17, 15) is 35.1 Å². The zero-order chi connectivity index (χ0) is 99.3. The van der Waals surface area contributed by atoms with Gasteiger partial charge in [-0.25, -0.2) is 24.6 Å². The van der Waals surface area contributed by atoms with E-state index < -0.39 is 12.7 Å². The second-order valence-corrected chi connectivity index (χ2v) is 31.1. The number of para-hydroxylation sites is 5. The van der Waals surface area contributed by atoms with Crippen LogP contribution in [0, 0.1) is 65.4 Å². The van der Waals surface area contributed by atoms with Gasteiger partial charge in [0.05, 0.1) is 125 Å². The number of phenols is 5. The van der Waals surface area contributed by atoms with Crippen LogP contribution in [0.5, 0.6) is 28.7 Å². The molecule has 0 bridgehead atoms. The molecule has 0 unspecified atom stereocenters. The molecule has 37 heteroatoms. The number of hydrogen-bond donors (Lipinski definition) is 20. The first-order valence-corrected chi connectivity index (χ1v) is 41.4. The number of anilines is 2. The number of aromatic nitrogens is 6. The van der Waals surface area contributed by atoms with Gasteiger partial charge in [-0.3, -0.25) is 20.4 Å². The van der Waals surface area contributed by atoms with Crippen LogP contribution in [0.1, 0.15) is 80.4 Å². The number of nitrogens with one attached hydrogen (secondary N) is 5. The van der Waals surface area contributed by atoms with Crippen molar-refractivity contribution in [3.8, 4) is 126 Å². The van der Waals surface area contributed by atoms with Gasteiger partial charge >= 0.3 is 58.5 Å².